The molecule has 172 valence electrons. The lowest BCUT2D eigenvalue weighted by molar-refractivity contribution is -0.385. The van der Waals surface area contributed by atoms with Crippen LogP contribution in [0.15, 0.2) is 47.8 Å². The van der Waals surface area contributed by atoms with E-state index in [1.807, 2.05) is 0 Å². The van der Waals surface area contributed by atoms with Crippen LogP contribution in [0.5, 0.6) is 0 Å². The number of hydrogen-bond donors (Lipinski definition) is 1. The van der Waals surface area contributed by atoms with Crippen molar-refractivity contribution in [2.45, 2.75) is 25.4 Å². The third-order valence-electron chi connectivity index (χ3n) is 5.35. The average molecular weight is 476 g/mol. The standard InChI is InChI=1S/C22H19F3N4O3S/c23-22(24,25)15-6-4-5-14(11-15)18-13-33-21(26-18)27-20(30)17-12-16(7-8-19(17)29(31)32)28-9-2-1-3-10-28/h4-8,11-13H,1-3,9-10H2,(H,26,27,30). The zero-order valence-corrected chi connectivity index (χ0v) is 18.1. The van der Waals surface area contributed by atoms with E-state index in [1.165, 1.54) is 29.6 Å². The number of carbonyl (C=O) groups excluding carboxylic acids is 1. The van der Waals surface area contributed by atoms with Gasteiger partial charge in [0.25, 0.3) is 11.6 Å². The monoisotopic (exact) mass is 476 g/mol. The van der Waals surface area contributed by atoms with Gasteiger partial charge >= 0.3 is 6.18 Å². The van der Waals surface area contributed by atoms with Gasteiger partial charge in [0.2, 0.25) is 0 Å². The molecule has 0 unspecified atom stereocenters. The molecular formula is C22H19F3N4O3S. The predicted molar refractivity (Wildman–Crippen MR) is 120 cm³/mol. The molecular weight excluding hydrogens is 457 g/mol. The molecule has 11 heteroatoms. The lowest BCUT2D eigenvalue weighted by Crippen LogP contribution is -2.29. The van der Waals surface area contributed by atoms with Crippen molar-refractivity contribution in [3.05, 3.63) is 69.1 Å². The van der Waals surface area contributed by atoms with Crippen molar-refractivity contribution >= 4 is 33.8 Å². The Morgan fingerprint density at radius 2 is 1.88 bits per heavy atom. The molecule has 1 N–H and O–H groups in total. The summed E-state index contributed by atoms with van der Waals surface area (Å²) in [5.41, 5.74) is 0.0115. The van der Waals surface area contributed by atoms with Crippen molar-refractivity contribution in [3.8, 4) is 11.3 Å². The van der Waals surface area contributed by atoms with Crippen LogP contribution in [0.25, 0.3) is 11.3 Å². The van der Waals surface area contributed by atoms with Crippen LogP contribution in [0.1, 0.15) is 35.2 Å². The molecule has 0 saturated carbocycles. The third-order valence-corrected chi connectivity index (χ3v) is 6.11. The molecule has 2 aromatic carbocycles. The van der Waals surface area contributed by atoms with E-state index in [-0.39, 0.29) is 27.6 Å². The lowest BCUT2D eigenvalue weighted by Gasteiger charge is -2.29. The Morgan fingerprint density at radius 1 is 1.12 bits per heavy atom. The van der Waals surface area contributed by atoms with E-state index in [2.05, 4.69) is 15.2 Å². The Morgan fingerprint density at radius 3 is 2.58 bits per heavy atom. The molecule has 3 aromatic rings. The van der Waals surface area contributed by atoms with Crippen molar-refractivity contribution in [1.82, 2.24) is 4.98 Å². The topological polar surface area (TPSA) is 88.4 Å². The first-order valence-corrected chi connectivity index (χ1v) is 11.1. The maximum Gasteiger partial charge on any atom is 0.416 e. The van der Waals surface area contributed by atoms with Crippen LogP contribution in [0.4, 0.5) is 29.7 Å². The van der Waals surface area contributed by atoms with Gasteiger partial charge in [0.1, 0.15) is 5.56 Å². The molecule has 0 bridgehead atoms. The number of aromatic nitrogens is 1. The van der Waals surface area contributed by atoms with Crippen LogP contribution in [0, 0.1) is 10.1 Å². The Kier molecular flexibility index (Phi) is 6.32. The number of nitrogens with one attached hydrogen (secondary N) is 1. The van der Waals surface area contributed by atoms with Gasteiger partial charge in [-0.3, -0.25) is 20.2 Å². The van der Waals surface area contributed by atoms with Gasteiger partial charge in [-0.15, -0.1) is 11.3 Å². The SMILES string of the molecule is O=C(Nc1nc(-c2cccc(C(F)(F)F)c2)cs1)c1cc(N2CCCCC2)ccc1[N+](=O)[O-]. The second-order valence-corrected chi connectivity index (χ2v) is 8.43. The van der Waals surface area contributed by atoms with E-state index < -0.39 is 22.6 Å². The molecule has 0 spiro atoms. The van der Waals surface area contributed by atoms with E-state index in [0.717, 1.165) is 61.5 Å². The summed E-state index contributed by atoms with van der Waals surface area (Å²) in [7, 11) is 0. The number of rotatable bonds is 5. The van der Waals surface area contributed by atoms with Crippen molar-refractivity contribution < 1.29 is 22.9 Å². The Balaban J connectivity index is 1.58. The van der Waals surface area contributed by atoms with E-state index >= 15 is 0 Å². The molecule has 1 fully saturated rings. The van der Waals surface area contributed by atoms with Crippen molar-refractivity contribution in [2.75, 3.05) is 23.3 Å². The van der Waals surface area contributed by atoms with Gasteiger partial charge in [-0.05, 0) is 43.5 Å². The van der Waals surface area contributed by atoms with Gasteiger partial charge in [-0.25, -0.2) is 4.98 Å². The van der Waals surface area contributed by atoms with E-state index in [9.17, 15) is 28.1 Å². The number of hydrogen-bond acceptors (Lipinski definition) is 6. The first kappa shape index (κ1) is 22.7. The van der Waals surface area contributed by atoms with Gasteiger partial charge in [0.05, 0.1) is 16.2 Å². The summed E-state index contributed by atoms with van der Waals surface area (Å²) in [5.74, 6) is -0.703. The molecule has 33 heavy (non-hydrogen) atoms. The summed E-state index contributed by atoms with van der Waals surface area (Å²) < 4.78 is 39.0. The Bertz CT molecular complexity index is 1190. The summed E-state index contributed by atoms with van der Waals surface area (Å²) in [4.78, 5) is 30.0. The van der Waals surface area contributed by atoms with Crippen LogP contribution >= 0.6 is 11.3 Å². The number of nitrogens with zero attached hydrogens (tertiary/aromatic N) is 3. The fraction of sp³-hybridized carbons (Fsp3) is 0.273. The van der Waals surface area contributed by atoms with E-state index in [4.69, 9.17) is 0 Å². The van der Waals surface area contributed by atoms with Crippen molar-refractivity contribution in [3.63, 3.8) is 0 Å². The quantitative estimate of drug-likeness (QED) is 0.362. The molecule has 0 atom stereocenters. The van der Waals surface area contributed by atoms with Crippen molar-refractivity contribution in [1.29, 1.82) is 0 Å². The normalized spacial score (nSPS) is 14.2. The minimum atomic E-state index is -4.48. The Labute approximate surface area is 191 Å². The maximum atomic E-state index is 13.0. The van der Waals surface area contributed by atoms with Crippen molar-refractivity contribution in [2.24, 2.45) is 0 Å². The molecule has 4 rings (SSSR count). The van der Waals surface area contributed by atoms with Gasteiger partial charge in [-0.2, -0.15) is 13.2 Å². The van der Waals surface area contributed by atoms with Gasteiger partial charge in [-0.1, -0.05) is 12.1 Å². The summed E-state index contributed by atoms with van der Waals surface area (Å²) in [6, 6.07) is 9.17. The number of anilines is 2. The highest BCUT2D eigenvalue weighted by Gasteiger charge is 2.30. The number of halogens is 3. The van der Waals surface area contributed by atoms with Gasteiger partial charge in [0, 0.05) is 35.8 Å². The van der Waals surface area contributed by atoms with Gasteiger partial charge < -0.3 is 4.90 Å². The number of alkyl halides is 3. The zero-order chi connectivity index (χ0) is 23.6. The Hall–Kier alpha value is -3.47. The van der Waals surface area contributed by atoms with Crippen LogP contribution in [-0.4, -0.2) is 28.9 Å². The molecule has 1 aromatic heterocycles. The largest absolute Gasteiger partial charge is 0.416 e. The number of nitro groups is 1. The van der Waals surface area contributed by atoms with Crippen LogP contribution in [0.2, 0.25) is 0 Å². The number of thiazole rings is 1. The molecule has 0 radical (unpaired) electrons. The highest BCUT2D eigenvalue weighted by molar-refractivity contribution is 7.14. The highest BCUT2D eigenvalue weighted by Crippen LogP contribution is 2.33. The maximum absolute atomic E-state index is 13.0. The molecule has 2 heterocycles. The molecule has 1 aliphatic heterocycles. The molecule has 0 aliphatic carbocycles. The number of benzene rings is 2. The van der Waals surface area contributed by atoms with Crippen LogP contribution in [0.3, 0.4) is 0 Å². The zero-order valence-electron chi connectivity index (χ0n) is 17.3. The second-order valence-electron chi connectivity index (χ2n) is 7.58. The minimum Gasteiger partial charge on any atom is -0.372 e. The molecule has 1 aliphatic rings. The minimum absolute atomic E-state index is 0.0982. The average Bonchev–Trinajstić information content (AvgIpc) is 3.27. The van der Waals surface area contributed by atoms with Crippen LogP contribution in [-0.2, 0) is 6.18 Å². The van der Waals surface area contributed by atoms with E-state index in [1.54, 1.807) is 6.07 Å². The summed E-state index contributed by atoms with van der Waals surface area (Å²) in [6.07, 6.45) is -1.34. The fourth-order valence-electron chi connectivity index (χ4n) is 3.70. The number of carbonyl (C=O) groups is 1. The van der Waals surface area contributed by atoms with Crippen LogP contribution < -0.4 is 10.2 Å². The number of nitro benzene ring substituents is 1. The summed E-state index contributed by atoms with van der Waals surface area (Å²) in [6.45, 7) is 1.62. The summed E-state index contributed by atoms with van der Waals surface area (Å²) in [5, 5.41) is 15.7. The van der Waals surface area contributed by atoms with Gasteiger partial charge in [0.15, 0.2) is 5.13 Å². The smallest absolute Gasteiger partial charge is 0.372 e. The lowest BCUT2D eigenvalue weighted by atomic mass is 10.1. The molecule has 1 saturated heterocycles. The number of piperidine rings is 1. The molecule has 7 nitrogen and oxygen atoms in total. The third kappa shape index (κ3) is 5.14. The van der Waals surface area contributed by atoms with E-state index in [0.29, 0.717) is 0 Å². The first-order valence-electron chi connectivity index (χ1n) is 10.2. The first-order chi connectivity index (χ1) is 15.7. The molecule has 1 amide bonds. The number of amides is 1. The predicted octanol–water partition coefficient (Wildman–Crippen LogP) is 5.98. The second kappa shape index (κ2) is 9.18. The highest BCUT2D eigenvalue weighted by atomic mass is 32.1. The fourth-order valence-corrected chi connectivity index (χ4v) is 4.41. The summed E-state index contributed by atoms with van der Waals surface area (Å²) >= 11 is 1.02.